The van der Waals surface area contributed by atoms with Gasteiger partial charge in [-0.05, 0) is 113 Å². The van der Waals surface area contributed by atoms with Gasteiger partial charge in [0, 0.05) is 81.1 Å². The highest BCUT2D eigenvalue weighted by atomic mass is 35.5. The first-order valence-electron chi connectivity index (χ1n) is 12.9. The van der Waals surface area contributed by atoms with Crippen molar-refractivity contribution in [1.82, 2.24) is 0 Å². The first kappa shape index (κ1) is 33.7. The summed E-state index contributed by atoms with van der Waals surface area (Å²) in [6, 6.07) is 19.4. The highest BCUT2D eigenvalue weighted by molar-refractivity contribution is 6.30. The minimum Gasteiger partial charge on any atom is -0.407 e. The number of benzene rings is 3. The molecule has 0 saturated heterocycles. The molecule has 0 aromatic heterocycles. The fourth-order valence-electron chi connectivity index (χ4n) is 3.58. The molecule has 0 aliphatic rings. The Kier molecular flexibility index (Phi) is 13.6. The molecule has 0 aliphatic heterocycles. The van der Waals surface area contributed by atoms with E-state index in [-0.39, 0.29) is 0 Å². The number of ether oxygens (including phenoxy) is 1. The molecule has 0 saturated carbocycles. The molecule has 0 fully saturated rings. The number of terminal acetylenes is 1. The maximum atomic E-state index is 12.1. The molecule has 3 rings (SSSR count). The number of halogens is 2. The van der Waals surface area contributed by atoms with Gasteiger partial charge in [0.15, 0.2) is 0 Å². The Labute approximate surface area is 280 Å². The second-order valence-corrected chi connectivity index (χ2v) is 9.36. The highest BCUT2D eigenvalue weighted by Crippen LogP contribution is 2.39. The molecule has 210 valence electrons. The van der Waals surface area contributed by atoms with Gasteiger partial charge < -0.3 is 9.84 Å². The van der Waals surface area contributed by atoms with E-state index in [4.69, 9.17) is 34.4 Å². The van der Waals surface area contributed by atoms with E-state index in [1.165, 1.54) is 0 Å². The first-order valence-corrected chi connectivity index (χ1v) is 13.7. The summed E-state index contributed by atoms with van der Waals surface area (Å²) >= 11 is 12.2. The highest BCUT2D eigenvalue weighted by Gasteiger charge is 2.34. The summed E-state index contributed by atoms with van der Waals surface area (Å²) in [5.41, 5.74) is 1.16. The Hall–Kier alpha value is -6.84. The monoisotopic (exact) mass is 622 g/mol. The van der Waals surface area contributed by atoms with Gasteiger partial charge >= 0.3 is 0 Å². The largest absolute Gasteiger partial charge is 0.407 e. The van der Waals surface area contributed by atoms with Gasteiger partial charge in [-0.1, -0.05) is 53.5 Å². The number of rotatable bonds is 4. The van der Waals surface area contributed by atoms with Crippen LogP contribution in [0.2, 0.25) is 10.0 Å². The predicted molar refractivity (Wildman–Crippen MR) is 183 cm³/mol. The zero-order valence-corrected chi connectivity index (χ0v) is 25.6. The first-order chi connectivity index (χ1) is 22.4. The standard InChI is InChI=1S/C42H16Cl2O2/c1-3-4-5-6-7-8-9-10-11-12-13-14-15-16-17-18-19-20-21-22-31-46-41-33-35(2)32-38(34-41)42(45,36-23-27-39(43)28-24-36)37-25-29-40(44)30-26-37/h1,23-30,32-34,45H,2H3. The van der Waals surface area contributed by atoms with Gasteiger partial charge in [-0.2, -0.15) is 0 Å². The molecule has 46 heavy (non-hydrogen) atoms. The second-order valence-electron chi connectivity index (χ2n) is 8.48. The van der Waals surface area contributed by atoms with Crippen molar-refractivity contribution in [2.24, 2.45) is 0 Å². The van der Waals surface area contributed by atoms with Crippen LogP contribution >= 0.6 is 23.2 Å². The summed E-state index contributed by atoms with van der Waals surface area (Å²) in [6.45, 7) is 1.89. The molecule has 0 heterocycles. The van der Waals surface area contributed by atoms with Gasteiger partial charge in [-0.15, -0.1) is 6.42 Å². The van der Waals surface area contributed by atoms with Crippen LogP contribution in [0.3, 0.4) is 0 Å². The SMILES string of the molecule is C#CC#CC#CC#CC#CC#CC#CC#CC#CC#CC#COc1cc(C)cc(C(O)(c2ccc(Cl)cc2)c2ccc(Cl)cc2)c1. The molecule has 4 heteroatoms. The van der Waals surface area contributed by atoms with Crippen molar-refractivity contribution < 1.29 is 9.84 Å². The molecule has 0 spiro atoms. The van der Waals surface area contributed by atoms with Crippen LogP contribution in [0.4, 0.5) is 0 Å². The molecule has 0 bridgehead atoms. The van der Waals surface area contributed by atoms with Crippen LogP contribution in [0.25, 0.3) is 0 Å². The molecule has 0 amide bonds. The van der Waals surface area contributed by atoms with Gasteiger partial charge in [0.1, 0.15) is 17.5 Å². The lowest BCUT2D eigenvalue weighted by Gasteiger charge is -2.31. The van der Waals surface area contributed by atoms with E-state index in [2.05, 4.69) is 125 Å². The van der Waals surface area contributed by atoms with Crippen molar-refractivity contribution in [3.63, 3.8) is 0 Å². The molecular formula is C42H16Cl2O2. The van der Waals surface area contributed by atoms with Crippen molar-refractivity contribution in [2.45, 2.75) is 12.5 Å². The van der Waals surface area contributed by atoms with Crippen LogP contribution in [-0.4, -0.2) is 5.11 Å². The van der Waals surface area contributed by atoms with Crippen molar-refractivity contribution in [3.05, 3.63) is 99.0 Å². The summed E-state index contributed by atoms with van der Waals surface area (Å²) in [7, 11) is 0. The molecule has 1 N–H and O–H groups in total. The average Bonchev–Trinajstić information content (AvgIpc) is 3.05. The Morgan fingerprint density at radius 3 is 1.28 bits per heavy atom. The third-order valence-corrected chi connectivity index (χ3v) is 5.91. The number of hydrogen-bond acceptors (Lipinski definition) is 2. The fourth-order valence-corrected chi connectivity index (χ4v) is 3.83. The second kappa shape index (κ2) is 18.6. The summed E-state index contributed by atoms with van der Waals surface area (Å²) in [5, 5.41) is 13.3. The average molecular weight is 623 g/mol. The van der Waals surface area contributed by atoms with Crippen LogP contribution < -0.4 is 4.74 Å². The van der Waals surface area contributed by atoms with Gasteiger partial charge in [-0.3, -0.25) is 0 Å². The van der Waals surface area contributed by atoms with Crippen molar-refractivity contribution in [2.75, 3.05) is 0 Å². The number of aliphatic hydroxyl groups is 1. The van der Waals surface area contributed by atoms with E-state index in [1.807, 2.05) is 13.0 Å². The van der Waals surface area contributed by atoms with Crippen molar-refractivity contribution in [3.8, 4) is 137 Å². The molecule has 0 radical (unpaired) electrons. The number of aryl methyl sites for hydroxylation is 1. The molecule has 0 aliphatic carbocycles. The van der Waals surface area contributed by atoms with Gasteiger partial charge in [0.05, 0.1) is 0 Å². The third-order valence-electron chi connectivity index (χ3n) is 5.41. The molecule has 3 aromatic rings. The normalized spacial score (nSPS) is 7.98. The van der Waals surface area contributed by atoms with E-state index in [0.29, 0.717) is 32.5 Å². The maximum absolute atomic E-state index is 12.1. The molecule has 2 nitrogen and oxygen atoms in total. The smallest absolute Gasteiger partial charge is 0.140 e. The Morgan fingerprint density at radius 2 is 0.891 bits per heavy atom. The van der Waals surface area contributed by atoms with E-state index >= 15 is 0 Å². The summed E-state index contributed by atoms with van der Waals surface area (Å²) in [6.07, 6.45) is 7.49. The topological polar surface area (TPSA) is 29.5 Å². The minimum absolute atomic E-state index is 0.430. The molecule has 0 unspecified atom stereocenters. The van der Waals surface area contributed by atoms with Gasteiger partial charge in [-0.25, -0.2) is 0 Å². The quantitative estimate of drug-likeness (QED) is 0.304. The van der Waals surface area contributed by atoms with Crippen LogP contribution in [0.15, 0.2) is 66.7 Å². The summed E-state index contributed by atoms with van der Waals surface area (Å²) in [5.74, 6) is 50.1. The molecular weight excluding hydrogens is 607 g/mol. The zero-order valence-electron chi connectivity index (χ0n) is 24.0. The van der Waals surface area contributed by atoms with E-state index in [1.54, 1.807) is 60.7 Å². The lowest BCUT2D eigenvalue weighted by atomic mass is 9.80. The van der Waals surface area contributed by atoms with Gasteiger partial charge in [0.25, 0.3) is 0 Å². The summed E-state index contributed by atoms with van der Waals surface area (Å²) < 4.78 is 5.61. The lowest BCUT2D eigenvalue weighted by Crippen LogP contribution is -2.29. The van der Waals surface area contributed by atoms with Crippen LogP contribution in [0.1, 0.15) is 22.3 Å². The predicted octanol–water partition coefficient (Wildman–Crippen LogP) is 5.59. The molecule has 0 atom stereocenters. The third kappa shape index (κ3) is 11.1. The van der Waals surface area contributed by atoms with Crippen LogP contribution in [-0.2, 0) is 5.60 Å². The Balaban J connectivity index is 1.66. The Bertz CT molecular complexity index is 2280. The Morgan fingerprint density at radius 1 is 0.522 bits per heavy atom. The van der Waals surface area contributed by atoms with Crippen molar-refractivity contribution >= 4 is 23.2 Å². The van der Waals surface area contributed by atoms with E-state index in [0.717, 1.165) is 5.56 Å². The zero-order chi connectivity index (χ0) is 32.9. The van der Waals surface area contributed by atoms with Crippen LogP contribution in [0.5, 0.6) is 5.75 Å². The van der Waals surface area contributed by atoms with E-state index < -0.39 is 5.60 Å². The maximum Gasteiger partial charge on any atom is 0.140 e. The van der Waals surface area contributed by atoms with E-state index in [9.17, 15) is 5.11 Å². The fraction of sp³-hybridized carbons (Fsp3) is 0.0476. The number of hydrogen-bond donors (Lipinski definition) is 1. The molecule has 3 aromatic carbocycles. The van der Waals surface area contributed by atoms with Crippen molar-refractivity contribution in [1.29, 1.82) is 0 Å². The van der Waals surface area contributed by atoms with Crippen LogP contribution in [0, 0.1) is 138 Å². The lowest BCUT2D eigenvalue weighted by molar-refractivity contribution is 0.125. The minimum atomic E-state index is -1.52. The van der Waals surface area contributed by atoms with Gasteiger partial charge in [0.2, 0.25) is 0 Å². The summed E-state index contributed by atoms with van der Waals surface area (Å²) in [4.78, 5) is 0.